The van der Waals surface area contributed by atoms with Crippen LogP contribution in [-0.2, 0) is 4.79 Å². The molecule has 1 aliphatic carbocycles. The van der Waals surface area contributed by atoms with E-state index in [0.717, 1.165) is 27.6 Å². The van der Waals surface area contributed by atoms with Crippen LogP contribution in [0, 0.1) is 12.8 Å². The lowest BCUT2D eigenvalue weighted by atomic mass is 10.0. The smallest absolute Gasteiger partial charge is 0.231 e. The van der Waals surface area contributed by atoms with Crippen molar-refractivity contribution in [2.45, 2.75) is 39.0 Å². The molecular formula is C21H21FN4O2. The fourth-order valence-electron chi connectivity index (χ4n) is 3.14. The molecule has 0 aromatic carbocycles. The Bertz CT molecular complexity index is 1060. The molecule has 6 nitrogen and oxygen atoms in total. The Labute approximate surface area is 161 Å². The molecule has 2 N–H and O–H groups in total. The molecule has 3 aromatic rings. The van der Waals surface area contributed by atoms with E-state index in [1.54, 1.807) is 24.7 Å². The van der Waals surface area contributed by atoms with Crippen LogP contribution in [0.3, 0.4) is 0 Å². The third kappa shape index (κ3) is 3.57. The number of hydrogen-bond acceptors (Lipinski definition) is 5. The number of carbonyl (C=O) groups excluding carboxylic acids is 1. The number of nitrogens with one attached hydrogen (secondary N) is 1. The minimum Gasteiger partial charge on any atom is -0.387 e. The summed E-state index contributed by atoms with van der Waals surface area (Å²) in [5.74, 6) is -0.496. The number of alkyl halides is 1. The number of amides is 1. The van der Waals surface area contributed by atoms with Crippen molar-refractivity contribution in [1.82, 2.24) is 15.0 Å². The Morgan fingerprint density at radius 3 is 2.61 bits per heavy atom. The van der Waals surface area contributed by atoms with Crippen LogP contribution >= 0.6 is 0 Å². The van der Waals surface area contributed by atoms with Gasteiger partial charge in [-0.1, -0.05) is 6.92 Å². The molecule has 1 fully saturated rings. The second kappa shape index (κ2) is 7.24. The summed E-state index contributed by atoms with van der Waals surface area (Å²) in [5, 5.41) is 14.3. The lowest BCUT2D eigenvalue weighted by molar-refractivity contribution is -0.117. The van der Waals surface area contributed by atoms with Gasteiger partial charge >= 0.3 is 0 Å². The van der Waals surface area contributed by atoms with Gasteiger partial charge in [0.1, 0.15) is 12.0 Å². The predicted octanol–water partition coefficient (Wildman–Crippen LogP) is 3.74. The van der Waals surface area contributed by atoms with Gasteiger partial charge in [0, 0.05) is 34.9 Å². The summed E-state index contributed by atoms with van der Waals surface area (Å²) in [7, 11) is 0. The van der Waals surface area contributed by atoms with E-state index in [0.29, 0.717) is 17.9 Å². The Hall–Kier alpha value is -2.93. The summed E-state index contributed by atoms with van der Waals surface area (Å²) in [6.45, 7) is 3.87. The lowest BCUT2D eigenvalue weighted by Gasteiger charge is -2.11. The van der Waals surface area contributed by atoms with Crippen LogP contribution in [0.15, 0.2) is 36.8 Å². The maximum Gasteiger partial charge on any atom is 0.231 e. The van der Waals surface area contributed by atoms with Crippen LogP contribution in [-0.4, -0.2) is 32.1 Å². The maximum absolute atomic E-state index is 13.0. The molecule has 0 spiro atoms. The molecule has 4 rings (SSSR count). The molecule has 0 radical (unpaired) electrons. The summed E-state index contributed by atoms with van der Waals surface area (Å²) in [6, 6.07) is 5.51. The number of halogens is 1. The SMILES string of the molecule is CC[C@@H](O)c1cc(C)c(-c2cc3cnc(NC(=O)[C@@H]4C[C@@H]4F)cc3cn2)cn1. The summed E-state index contributed by atoms with van der Waals surface area (Å²) >= 11 is 0. The van der Waals surface area contributed by atoms with Gasteiger partial charge in [-0.2, -0.15) is 0 Å². The summed E-state index contributed by atoms with van der Waals surface area (Å²) in [5.41, 5.74) is 3.27. The van der Waals surface area contributed by atoms with Gasteiger partial charge in [-0.25, -0.2) is 9.37 Å². The van der Waals surface area contributed by atoms with Crippen molar-refractivity contribution >= 4 is 22.5 Å². The van der Waals surface area contributed by atoms with Gasteiger partial charge in [0.25, 0.3) is 0 Å². The minimum atomic E-state index is -1.04. The number of aliphatic hydroxyl groups excluding tert-OH is 1. The molecule has 0 aliphatic heterocycles. The third-order valence-corrected chi connectivity index (χ3v) is 5.04. The quantitative estimate of drug-likeness (QED) is 0.704. The zero-order chi connectivity index (χ0) is 19.8. The zero-order valence-corrected chi connectivity index (χ0v) is 15.7. The van der Waals surface area contributed by atoms with Crippen molar-refractivity contribution in [3.8, 4) is 11.3 Å². The molecule has 0 unspecified atom stereocenters. The fraction of sp³-hybridized carbons (Fsp3) is 0.333. The van der Waals surface area contributed by atoms with Crippen LogP contribution in [0.5, 0.6) is 0 Å². The van der Waals surface area contributed by atoms with E-state index < -0.39 is 18.2 Å². The van der Waals surface area contributed by atoms with Crippen molar-refractivity contribution in [3.05, 3.63) is 48.0 Å². The van der Waals surface area contributed by atoms with E-state index in [4.69, 9.17) is 0 Å². The molecule has 3 atom stereocenters. The van der Waals surface area contributed by atoms with Crippen molar-refractivity contribution in [1.29, 1.82) is 0 Å². The van der Waals surface area contributed by atoms with E-state index in [-0.39, 0.29) is 12.3 Å². The Morgan fingerprint density at radius 1 is 1.21 bits per heavy atom. The van der Waals surface area contributed by atoms with Gasteiger partial charge in [0.15, 0.2) is 0 Å². The fourth-order valence-corrected chi connectivity index (χ4v) is 3.14. The highest BCUT2D eigenvalue weighted by atomic mass is 19.1. The number of aromatic nitrogens is 3. The van der Waals surface area contributed by atoms with Gasteiger partial charge in [0.2, 0.25) is 5.91 Å². The Morgan fingerprint density at radius 2 is 1.93 bits per heavy atom. The average Bonchev–Trinajstić information content (AvgIpc) is 3.43. The van der Waals surface area contributed by atoms with Crippen LogP contribution in [0.25, 0.3) is 22.0 Å². The number of nitrogens with zero attached hydrogens (tertiary/aromatic N) is 3. The third-order valence-electron chi connectivity index (χ3n) is 5.04. The first-order valence-corrected chi connectivity index (χ1v) is 9.32. The molecular weight excluding hydrogens is 359 g/mol. The Kier molecular flexibility index (Phi) is 4.77. The number of aliphatic hydroxyl groups is 1. The number of aryl methyl sites for hydroxylation is 1. The highest BCUT2D eigenvalue weighted by molar-refractivity contribution is 5.96. The van der Waals surface area contributed by atoms with Crippen LogP contribution in [0.4, 0.5) is 10.2 Å². The zero-order valence-electron chi connectivity index (χ0n) is 15.7. The number of anilines is 1. The van der Waals surface area contributed by atoms with Crippen LogP contribution in [0.2, 0.25) is 0 Å². The van der Waals surface area contributed by atoms with Gasteiger partial charge in [-0.15, -0.1) is 0 Å². The van der Waals surface area contributed by atoms with Gasteiger partial charge in [0.05, 0.1) is 23.4 Å². The monoisotopic (exact) mass is 380 g/mol. The predicted molar refractivity (Wildman–Crippen MR) is 104 cm³/mol. The molecule has 28 heavy (non-hydrogen) atoms. The molecule has 0 saturated heterocycles. The van der Waals surface area contributed by atoms with Crippen molar-refractivity contribution < 1.29 is 14.3 Å². The molecule has 1 aliphatic rings. The van der Waals surface area contributed by atoms with Crippen molar-refractivity contribution in [2.24, 2.45) is 5.92 Å². The standard InChI is InChI=1S/C21H21FN4O2/c1-3-19(27)18-4-11(2)15(10-24-18)17-5-12-9-25-20(6-13(12)8-23-17)26-21(28)14-7-16(14)22/h4-6,8-10,14,16,19,27H,3,7H2,1-2H3,(H,25,26,28)/t14-,16+,19-/m1/s1. The van der Waals surface area contributed by atoms with Crippen molar-refractivity contribution in [2.75, 3.05) is 5.32 Å². The van der Waals surface area contributed by atoms with Gasteiger partial charge in [-0.3, -0.25) is 14.8 Å². The van der Waals surface area contributed by atoms with Gasteiger partial charge in [-0.05, 0) is 43.5 Å². The van der Waals surface area contributed by atoms with E-state index in [1.165, 1.54) is 0 Å². The van der Waals surface area contributed by atoms with Crippen molar-refractivity contribution in [3.63, 3.8) is 0 Å². The molecule has 144 valence electrons. The van der Waals surface area contributed by atoms with E-state index >= 15 is 0 Å². The van der Waals surface area contributed by atoms with Crippen LogP contribution < -0.4 is 5.32 Å². The maximum atomic E-state index is 13.0. The number of fused-ring (bicyclic) bond motifs is 1. The molecule has 0 bridgehead atoms. The largest absolute Gasteiger partial charge is 0.387 e. The summed E-state index contributed by atoms with van der Waals surface area (Å²) < 4.78 is 13.0. The minimum absolute atomic E-state index is 0.284. The number of pyridine rings is 3. The summed E-state index contributed by atoms with van der Waals surface area (Å²) in [6.07, 6.45) is 4.38. The van der Waals surface area contributed by atoms with E-state index in [9.17, 15) is 14.3 Å². The first-order valence-electron chi connectivity index (χ1n) is 9.32. The first kappa shape index (κ1) is 18.4. The molecule has 1 saturated carbocycles. The molecule has 3 heterocycles. The topological polar surface area (TPSA) is 88.0 Å². The van der Waals surface area contributed by atoms with Crippen LogP contribution in [0.1, 0.15) is 37.1 Å². The second-order valence-corrected chi connectivity index (χ2v) is 7.18. The molecule has 7 heteroatoms. The number of rotatable bonds is 5. The lowest BCUT2D eigenvalue weighted by Crippen LogP contribution is -2.15. The molecule has 1 amide bonds. The van der Waals surface area contributed by atoms with Gasteiger partial charge < -0.3 is 10.4 Å². The normalized spacial score (nSPS) is 19.4. The van der Waals surface area contributed by atoms with E-state index in [1.807, 2.05) is 26.0 Å². The Balaban J connectivity index is 1.60. The van der Waals surface area contributed by atoms with E-state index in [2.05, 4.69) is 20.3 Å². The second-order valence-electron chi connectivity index (χ2n) is 7.18. The first-order chi connectivity index (χ1) is 13.5. The summed E-state index contributed by atoms with van der Waals surface area (Å²) in [4.78, 5) is 25.0. The highest BCUT2D eigenvalue weighted by Gasteiger charge is 2.43. The average molecular weight is 380 g/mol. The molecule has 3 aromatic heterocycles. The number of carbonyl (C=O) groups is 1. The highest BCUT2D eigenvalue weighted by Crippen LogP contribution is 2.34. The number of hydrogen-bond donors (Lipinski definition) is 2.